The van der Waals surface area contributed by atoms with Crippen LogP contribution in [-0.4, -0.2) is 35.2 Å². The molecule has 0 radical (unpaired) electrons. The van der Waals surface area contributed by atoms with Crippen LogP contribution in [0.1, 0.15) is 17.5 Å². The molecule has 0 aliphatic carbocycles. The van der Waals surface area contributed by atoms with E-state index in [9.17, 15) is 14.4 Å². The van der Waals surface area contributed by atoms with Crippen molar-refractivity contribution in [1.29, 1.82) is 0 Å². The van der Waals surface area contributed by atoms with Crippen LogP contribution in [0.3, 0.4) is 0 Å². The highest BCUT2D eigenvalue weighted by molar-refractivity contribution is 9.10. The number of hydrogen-bond donors (Lipinski definition) is 0. The number of imide groups is 1. The number of amides is 3. The van der Waals surface area contributed by atoms with Gasteiger partial charge in [-0.05, 0) is 53.9 Å². The SMILES string of the molecule is O=C1CC(N(CCc2cccc(Cl)c2)C(=O)Cc2ccccc2)C(=O)N1c1ccc(Br)cc1. The molecular formula is C26H22BrClN2O3. The van der Waals surface area contributed by atoms with Gasteiger partial charge in [0.05, 0.1) is 18.5 Å². The molecule has 1 aliphatic heterocycles. The zero-order valence-corrected chi connectivity index (χ0v) is 20.1. The van der Waals surface area contributed by atoms with E-state index in [4.69, 9.17) is 11.6 Å². The van der Waals surface area contributed by atoms with Crippen molar-refractivity contribution in [3.8, 4) is 0 Å². The van der Waals surface area contributed by atoms with Crippen LogP contribution in [0, 0.1) is 0 Å². The van der Waals surface area contributed by atoms with Crippen LogP contribution in [0.5, 0.6) is 0 Å². The summed E-state index contributed by atoms with van der Waals surface area (Å²) in [6.07, 6.45) is 0.648. The third-order valence-electron chi connectivity index (χ3n) is 5.63. The Hall–Kier alpha value is -2.96. The highest BCUT2D eigenvalue weighted by Gasteiger charge is 2.44. The van der Waals surface area contributed by atoms with E-state index in [1.54, 1.807) is 35.2 Å². The van der Waals surface area contributed by atoms with Crippen LogP contribution in [-0.2, 0) is 27.2 Å². The number of nitrogens with zero attached hydrogens (tertiary/aromatic N) is 2. The van der Waals surface area contributed by atoms with Gasteiger partial charge in [0.25, 0.3) is 5.91 Å². The molecule has 1 heterocycles. The van der Waals surface area contributed by atoms with Crippen molar-refractivity contribution in [2.24, 2.45) is 0 Å². The Morgan fingerprint density at radius 1 is 0.970 bits per heavy atom. The third-order valence-corrected chi connectivity index (χ3v) is 6.40. The molecule has 3 aromatic rings. The third kappa shape index (κ3) is 5.52. The average molecular weight is 526 g/mol. The Morgan fingerprint density at radius 2 is 1.67 bits per heavy atom. The van der Waals surface area contributed by atoms with E-state index in [2.05, 4.69) is 15.9 Å². The summed E-state index contributed by atoms with van der Waals surface area (Å²) in [4.78, 5) is 42.2. The maximum absolute atomic E-state index is 13.3. The number of rotatable bonds is 7. The van der Waals surface area contributed by atoms with Gasteiger partial charge in [0.15, 0.2) is 0 Å². The number of carbonyl (C=O) groups is 3. The fraction of sp³-hybridized carbons (Fsp3) is 0.192. The molecule has 4 rings (SSSR count). The maximum atomic E-state index is 13.3. The van der Waals surface area contributed by atoms with Crippen molar-refractivity contribution in [2.75, 3.05) is 11.4 Å². The van der Waals surface area contributed by atoms with Crippen LogP contribution in [0.4, 0.5) is 5.69 Å². The largest absolute Gasteiger partial charge is 0.329 e. The van der Waals surface area contributed by atoms with Gasteiger partial charge in [0.2, 0.25) is 11.8 Å². The highest BCUT2D eigenvalue weighted by Crippen LogP contribution is 2.28. The molecule has 0 saturated carbocycles. The van der Waals surface area contributed by atoms with E-state index in [1.807, 2.05) is 48.5 Å². The van der Waals surface area contributed by atoms with E-state index in [0.717, 1.165) is 15.6 Å². The minimum Gasteiger partial charge on any atom is -0.329 e. The number of anilines is 1. The summed E-state index contributed by atoms with van der Waals surface area (Å²) in [5.74, 6) is -0.880. The highest BCUT2D eigenvalue weighted by atomic mass is 79.9. The number of hydrogen-bond acceptors (Lipinski definition) is 3. The molecule has 1 unspecified atom stereocenters. The van der Waals surface area contributed by atoms with Crippen LogP contribution >= 0.6 is 27.5 Å². The molecule has 0 spiro atoms. The molecule has 0 N–H and O–H groups in total. The predicted molar refractivity (Wildman–Crippen MR) is 132 cm³/mol. The lowest BCUT2D eigenvalue weighted by atomic mass is 10.1. The second-order valence-corrected chi connectivity index (χ2v) is 9.25. The molecule has 0 bridgehead atoms. The summed E-state index contributed by atoms with van der Waals surface area (Å²) in [7, 11) is 0. The standard InChI is InChI=1S/C26H22BrClN2O3/c27-20-9-11-22(12-10-20)30-25(32)17-23(26(30)33)29(14-13-19-7-4-8-21(28)15-19)24(31)16-18-5-2-1-3-6-18/h1-12,15,23H,13-14,16-17H2. The minimum atomic E-state index is -0.837. The fourth-order valence-corrected chi connectivity index (χ4v) is 4.47. The van der Waals surface area contributed by atoms with E-state index < -0.39 is 6.04 Å². The smallest absolute Gasteiger partial charge is 0.257 e. The van der Waals surface area contributed by atoms with Gasteiger partial charge in [0.1, 0.15) is 6.04 Å². The number of carbonyl (C=O) groups excluding carboxylic acids is 3. The second kappa shape index (κ2) is 10.3. The summed E-state index contributed by atoms with van der Waals surface area (Å²) in [6.45, 7) is 0.309. The summed E-state index contributed by atoms with van der Waals surface area (Å²) < 4.78 is 0.850. The second-order valence-electron chi connectivity index (χ2n) is 7.89. The van der Waals surface area contributed by atoms with Crippen LogP contribution in [0.15, 0.2) is 83.3 Å². The number of benzene rings is 3. The molecule has 3 amide bonds. The van der Waals surface area contributed by atoms with Gasteiger partial charge in [-0.1, -0.05) is 70.0 Å². The first kappa shape index (κ1) is 23.2. The topological polar surface area (TPSA) is 57.7 Å². The quantitative estimate of drug-likeness (QED) is 0.406. The van der Waals surface area contributed by atoms with Gasteiger partial charge in [-0.2, -0.15) is 0 Å². The lowest BCUT2D eigenvalue weighted by molar-refractivity contribution is -0.137. The first-order valence-electron chi connectivity index (χ1n) is 10.6. The molecular weight excluding hydrogens is 504 g/mol. The van der Waals surface area contributed by atoms with Crippen LogP contribution < -0.4 is 4.90 Å². The Balaban J connectivity index is 1.58. The molecule has 7 heteroatoms. The Kier molecular flexibility index (Phi) is 7.26. The van der Waals surface area contributed by atoms with E-state index in [-0.39, 0.29) is 30.6 Å². The van der Waals surface area contributed by atoms with Crippen LogP contribution in [0.25, 0.3) is 0 Å². The van der Waals surface area contributed by atoms with Crippen molar-refractivity contribution in [1.82, 2.24) is 4.90 Å². The van der Waals surface area contributed by atoms with Crippen molar-refractivity contribution in [3.05, 3.63) is 99.5 Å². The Bertz CT molecular complexity index is 1170. The minimum absolute atomic E-state index is 0.0367. The number of halogens is 2. The lowest BCUT2D eigenvalue weighted by Gasteiger charge is -2.28. The van der Waals surface area contributed by atoms with Gasteiger partial charge < -0.3 is 4.90 Å². The van der Waals surface area contributed by atoms with E-state index >= 15 is 0 Å². The summed E-state index contributed by atoms with van der Waals surface area (Å²) in [5, 5.41) is 0.614. The zero-order valence-electron chi connectivity index (χ0n) is 17.8. The van der Waals surface area contributed by atoms with Crippen LogP contribution in [0.2, 0.25) is 5.02 Å². The normalized spacial score (nSPS) is 15.7. The molecule has 33 heavy (non-hydrogen) atoms. The van der Waals surface area contributed by atoms with E-state index in [0.29, 0.717) is 23.7 Å². The lowest BCUT2D eigenvalue weighted by Crippen LogP contribution is -2.47. The molecule has 5 nitrogen and oxygen atoms in total. The average Bonchev–Trinajstić information content (AvgIpc) is 3.09. The molecule has 1 aliphatic rings. The first-order chi connectivity index (χ1) is 15.9. The Labute approximate surface area is 206 Å². The van der Waals surface area contributed by atoms with Gasteiger partial charge in [0, 0.05) is 16.0 Å². The van der Waals surface area contributed by atoms with E-state index in [1.165, 1.54) is 4.90 Å². The van der Waals surface area contributed by atoms with Crippen molar-refractivity contribution < 1.29 is 14.4 Å². The molecule has 1 saturated heterocycles. The van der Waals surface area contributed by atoms with Crippen molar-refractivity contribution in [2.45, 2.75) is 25.3 Å². The maximum Gasteiger partial charge on any atom is 0.257 e. The molecule has 1 fully saturated rings. The molecule has 168 valence electrons. The van der Waals surface area contributed by atoms with Crippen molar-refractivity contribution >= 4 is 50.9 Å². The van der Waals surface area contributed by atoms with Gasteiger partial charge in [-0.25, -0.2) is 4.90 Å². The van der Waals surface area contributed by atoms with Gasteiger partial charge in [-0.3, -0.25) is 14.4 Å². The summed E-state index contributed by atoms with van der Waals surface area (Å²) in [5.41, 5.74) is 2.32. The van der Waals surface area contributed by atoms with Gasteiger partial charge >= 0.3 is 0 Å². The van der Waals surface area contributed by atoms with Gasteiger partial charge in [-0.15, -0.1) is 0 Å². The zero-order chi connectivity index (χ0) is 23.4. The molecule has 0 aromatic heterocycles. The summed E-state index contributed by atoms with van der Waals surface area (Å²) >= 11 is 9.48. The predicted octanol–water partition coefficient (Wildman–Crippen LogP) is 5.05. The molecule has 3 aromatic carbocycles. The fourth-order valence-electron chi connectivity index (χ4n) is 3.99. The summed E-state index contributed by atoms with van der Waals surface area (Å²) in [6, 6.07) is 23.0. The Morgan fingerprint density at radius 3 is 2.36 bits per heavy atom. The first-order valence-corrected chi connectivity index (χ1v) is 11.8. The monoisotopic (exact) mass is 524 g/mol. The van der Waals surface area contributed by atoms with Crippen molar-refractivity contribution in [3.63, 3.8) is 0 Å². The molecule has 1 atom stereocenters.